The van der Waals surface area contributed by atoms with Crippen LogP contribution in [0.5, 0.6) is 0 Å². The summed E-state index contributed by atoms with van der Waals surface area (Å²) in [5, 5.41) is 2.65. The number of benzene rings is 2. The second-order valence-electron chi connectivity index (χ2n) is 8.20. The minimum Gasteiger partial charge on any atom is -0.346 e. The molecule has 0 N–H and O–H groups in total. The summed E-state index contributed by atoms with van der Waals surface area (Å²) in [5.41, 5.74) is 5.50. The van der Waals surface area contributed by atoms with Gasteiger partial charge in [-0.05, 0) is 55.9 Å². The van der Waals surface area contributed by atoms with Crippen molar-refractivity contribution >= 4 is 34.1 Å². The number of rotatable bonds is 6. The molecule has 5 heteroatoms. The lowest BCUT2D eigenvalue weighted by atomic mass is 10.0. The molecule has 1 atom stereocenters. The van der Waals surface area contributed by atoms with Crippen LogP contribution in [0.25, 0.3) is 33.2 Å². The van der Waals surface area contributed by atoms with Crippen LogP contribution in [0.1, 0.15) is 6.92 Å². The lowest BCUT2D eigenvalue weighted by Crippen LogP contribution is -2.22. The minimum atomic E-state index is 0.512. The Labute approximate surface area is 187 Å². The third kappa shape index (κ3) is 4.54. The predicted octanol–water partition coefficient (Wildman–Crippen LogP) is 6.87. The van der Waals surface area contributed by atoms with Gasteiger partial charge in [0.1, 0.15) is 0 Å². The smallest absolute Gasteiger partial charge is 0.0501 e. The van der Waals surface area contributed by atoms with Crippen molar-refractivity contribution < 1.29 is 0 Å². The van der Waals surface area contributed by atoms with E-state index in [-0.39, 0.29) is 0 Å². The molecule has 4 aromatic rings. The first kappa shape index (κ1) is 20.9. The first-order valence-electron chi connectivity index (χ1n) is 10.0. The van der Waals surface area contributed by atoms with Crippen LogP contribution >= 0.6 is 23.2 Å². The zero-order valence-corrected chi connectivity index (χ0v) is 19.0. The zero-order chi connectivity index (χ0) is 21.3. The maximum absolute atomic E-state index is 6.34. The van der Waals surface area contributed by atoms with E-state index >= 15 is 0 Å². The Morgan fingerprint density at radius 2 is 1.70 bits per heavy atom. The quantitative estimate of drug-likeness (QED) is 0.327. The Morgan fingerprint density at radius 3 is 2.47 bits per heavy atom. The molecule has 0 spiro atoms. The van der Waals surface area contributed by atoms with Gasteiger partial charge in [-0.15, -0.1) is 0 Å². The van der Waals surface area contributed by atoms with Gasteiger partial charge in [0.2, 0.25) is 0 Å². The first-order valence-corrected chi connectivity index (χ1v) is 10.8. The number of hydrogen-bond donors (Lipinski definition) is 0. The molecule has 30 heavy (non-hydrogen) atoms. The summed E-state index contributed by atoms with van der Waals surface area (Å²) in [6.45, 7) is 4.23. The van der Waals surface area contributed by atoms with Crippen molar-refractivity contribution in [2.24, 2.45) is 5.92 Å². The van der Waals surface area contributed by atoms with Crippen LogP contribution in [-0.2, 0) is 6.54 Å². The molecule has 0 aliphatic rings. The van der Waals surface area contributed by atoms with Gasteiger partial charge in [-0.1, -0.05) is 48.3 Å². The highest BCUT2D eigenvalue weighted by molar-refractivity contribution is 6.31. The number of nitrogens with zero attached hydrogens (tertiary/aromatic N) is 3. The van der Waals surface area contributed by atoms with E-state index < -0.39 is 0 Å². The fraction of sp³-hybridized carbons (Fsp3) is 0.240. The average molecular weight is 438 g/mol. The van der Waals surface area contributed by atoms with E-state index in [4.69, 9.17) is 23.2 Å². The van der Waals surface area contributed by atoms with Crippen molar-refractivity contribution in [1.82, 2.24) is 14.5 Å². The van der Waals surface area contributed by atoms with Crippen LogP contribution in [0.3, 0.4) is 0 Å². The summed E-state index contributed by atoms with van der Waals surface area (Å²) < 4.78 is 2.32. The molecule has 0 saturated carbocycles. The second kappa shape index (κ2) is 8.81. The molecule has 0 amide bonds. The van der Waals surface area contributed by atoms with Gasteiger partial charge >= 0.3 is 0 Å². The molecule has 0 aliphatic heterocycles. The van der Waals surface area contributed by atoms with Crippen LogP contribution in [0.15, 0.2) is 67.1 Å². The van der Waals surface area contributed by atoms with Crippen LogP contribution in [0.4, 0.5) is 0 Å². The number of fused-ring (bicyclic) bond motifs is 1. The lowest BCUT2D eigenvalue weighted by Gasteiger charge is -2.18. The fourth-order valence-electron chi connectivity index (χ4n) is 4.08. The molecule has 0 bridgehead atoms. The summed E-state index contributed by atoms with van der Waals surface area (Å²) in [7, 11) is 4.22. The Balaban J connectivity index is 1.79. The lowest BCUT2D eigenvalue weighted by molar-refractivity contribution is 0.318. The molecule has 1 unspecified atom stereocenters. The van der Waals surface area contributed by atoms with Crippen molar-refractivity contribution in [3.63, 3.8) is 0 Å². The molecular formula is C25H25Cl2N3. The monoisotopic (exact) mass is 437 g/mol. The maximum atomic E-state index is 6.34. The fourth-order valence-corrected chi connectivity index (χ4v) is 4.43. The maximum Gasteiger partial charge on any atom is 0.0501 e. The van der Waals surface area contributed by atoms with E-state index in [9.17, 15) is 0 Å². The minimum absolute atomic E-state index is 0.512. The highest BCUT2D eigenvalue weighted by Gasteiger charge is 2.14. The van der Waals surface area contributed by atoms with E-state index in [1.54, 1.807) is 0 Å². The molecule has 0 fully saturated rings. The van der Waals surface area contributed by atoms with Crippen LogP contribution in [0.2, 0.25) is 10.0 Å². The average Bonchev–Trinajstić information content (AvgIpc) is 3.05. The first-order chi connectivity index (χ1) is 14.4. The van der Waals surface area contributed by atoms with Gasteiger partial charge in [-0.2, -0.15) is 0 Å². The second-order valence-corrected chi connectivity index (χ2v) is 9.07. The molecule has 2 heterocycles. The van der Waals surface area contributed by atoms with E-state index in [1.165, 1.54) is 5.39 Å². The molecule has 3 nitrogen and oxygen atoms in total. The van der Waals surface area contributed by atoms with Gasteiger partial charge < -0.3 is 9.47 Å². The van der Waals surface area contributed by atoms with Gasteiger partial charge in [-0.25, -0.2) is 0 Å². The van der Waals surface area contributed by atoms with Crippen LogP contribution in [-0.4, -0.2) is 35.1 Å². The SMILES string of the molecule is CC(CN(C)C)Cn1cc(-c2cncc(-c3cccc(Cl)c3)c2)c2ccc(Cl)cc21. The van der Waals surface area contributed by atoms with Crippen LogP contribution < -0.4 is 0 Å². The third-order valence-corrected chi connectivity index (χ3v) is 5.71. The van der Waals surface area contributed by atoms with E-state index in [2.05, 4.69) is 65.9 Å². The standard InChI is InChI=1S/C25H25Cl2N3/c1-17(14-29(2)3)15-30-16-24(23-8-7-22(27)11-25(23)30)20-9-19(12-28-13-20)18-5-4-6-21(26)10-18/h4-13,16-17H,14-15H2,1-3H3. The van der Waals surface area contributed by atoms with Gasteiger partial charge in [0, 0.05) is 63.8 Å². The molecule has 2 aromatic carbocycles. The number of aromatic nitrogens is 2. The molecule has 0 radical (unpaired) electrons. The molecule has 0 aliphatic carbocycles. The van der Waals surface area contributed by atoms with Crippen molar-refractivity contribution in [3.05, 3.63) is 77.2 Å². The number of halogens is 2. The Hall–Kier alpha value is -2.33. The molecule has 0 saturated heterocycles. The van der Waals surface area contributed by atoms with E-state index in [1.807, 2.05) is 36.7 Å². The normalized spacial score (nSPS) is 12.6. The van der Waals surface area contributed by atoms with Crippen LogP contribution in [0, 0.1) is 5.92 Å². The molecular weight excluding hydrogens is 413 g/mol. The van der Waals surface area contributed by atoms with Crippen molar-refractivity contribution in [1.29, 1.82) is 0 Å². The summed E-state index contributed by atoms with van der Waals surface area (Å²) in [6, 6.07) is 16.2. The third-order valence-electron chi connectivity index (χ3n) is 5.24. The largest absolute Gasteiger partial charge is 0.346 e. The van der Waals surface area contributed by atoms with E-state index in [0.717, 1.165) is 50.9 Å². The van der Waals surface area contributed by atoms with Gasteiger partial charge in [0.15, 0.2) is 0 Å². The topological polar surface area (TPSA) is 21.1 Å². The van der Waals surface area contributed by atoms with Gasteiger partial charge in [0.25, 0.3) is 0 Å². The summed E-state index contributed by atoms with van der Waals surface area (Å²) in [4.78, 5) is 6.74. The van der Waals surface area contributed by atoms with Gasteiger partial charge in [-0.3, -0.25) is 4.98 Å². The Bertz CT molecular complexity index is 1180. The summed E-state index contributed by atoms with van der Waals surface area (Å²) >= 11 is 12.5. The van der Waals surface area contributed by atoms with Crippen molar-refractivity contribution in [2.45, 2.75) is 13.5 Å². The number of hydrogen-bond acceptors (Lipinski definition) is 2. The highest BCUT2D eigenvalue weighted by atomic mass is 35.5. The zero-order valence-electron chi connectivity index (χ0n) is 17.4. The van der Waals surface area contributed by atoms with Gasteiger partial charge in [0.05, 0.1) is 5.52 Å². The molecule has 2 aromatic heterocycles. The van der Waals surface area contributed by atoms with Crippen molar-refractivity contribution in [3.8, 4) is 22.3 Å². The predicted molar refractivity (Wildman–Crippen MR) is 128 cm³/mol. The Morgan fingerprint density at radius 1 is 0.933 bits per heavy atom. The number of pyridine rings is 1. The summed E-state index contributed by atoms with van der Waals surface area (Å²) in [5.74, 6) is 0.512. The summed E-state index contributed by atoms with van der Waals surface area (Å²) in [6.07, 6.45) is 6.03. The highest BCUT2D eigenvalue weighted by Crippen LogP contribution is 2.34. The Kier molecular flexibility index (Phi) is 6.14. The molecule has 4 rings (SSSR count). The van der Waals surface area contributed by atoms with Crippen molar-refractivity contribution in [2.75, 3.05) is 20.6 Å². The molecule has 154 valence electrons. The van der Waals surface area contributed by atoms with E-state index in [0.29, 0.717) is 5.92 Å².